The van der Waals surface area contributed by atoms with E-state index in [2.05, 4.69) is 10.4 Å². The highest BCUT2D eigenvalue weighted by atomic mass is 32.1. The van der Waals surface area contributed by atoms with E-state index in [0.717, 1.165) is 29.2 Å². The molecule has 1 aromatic heterocycles. The van der Waals surface area contributed by atoms with Crippen LogP contribution < -0.4 is 10.3 Å². The molecule has 3 rings (SSSR count). The minimum absolute atomic E-state index is 0.147. The van der Waals surface area contributed by atoms with Gasteiger partial charge in [0.2, 0.25) is 0 Å². The second-order valence-electron chi connectivity index (χ2n) is 5.89. The maximum Gasteiger partial charge on any atom is 0.305 e. The van der Waals surface area contributed by atoms with Gasteiger partial charge in [0, 0.05) is 29.1 Å². The van der Waals surface area contributed by atoms with Crippen LogP contribution in [0.15, 0.2) is 46.9 Å². The molecule has 0 aliphatic carbocycles. The van der Waals surface area contributed by atoms with Crippen LogP contribution in [0.25, 0.3) is 0 Å². The Kier molecular flexibility index (Phi) is 5.14. The summed E-state index contributed by atoms with van der Waals surface area (Å²) in [4.78, 5) is 24.4. The first-order valence-corrected chi connectivity index (χ1v) is 8.88. The van der Waals surface area contributed by atoms with Gasteiger partial charge in [0.05, 0.1) is 18.2 Å². The highest BCUT2D eigenvalue weighted by Crippen LogP contribution is 2.23. The number of rotatable bonds is 6. The second kappa shape index (κ2) is 7.48. The Labute approximate surface area is 149 Å². The highest BCUT2D eigenvalue weighted by Gasteiger charge is 2.20. The van der Waals surface area contributed by atoms with Crippen molar-refractivity contribution in [2.75, 3.05) is 11.6 Å². The molecule has 130 valence electrons. The van der Waals surface area contributed by atoms with Crippen LogP contribution in [-0.4, -0.2) is 29.2 Å². The monoisotopic (exact) mass is 357 g/mol. The topological polar surface area (TPSA) is 82.0 Å². The quantitative estimate of drug-likeness (QED) is 0.831. The highest BCUT2D eigenvalue weighted by molar-refractivity contribution is 7.10. The van der Waals surface area contributed by atoms with E-state index in [1.54, 1.807) is 12.1 Å². The molecule has 1 amide bonds. The van der Waals surface area contributed by atoms with Gasteiger partial charge in [-0.1, -0.05) is 6.07 Å². The summed E-state index contributed by atoms with van der Waals surface area (Å²) in [5, 5.41) is 20.1. The first-order chi connectivity index (χ1) is 12.0. The normalized spacial score (nSPS) is 14.9. The van der Waals surface area contributed by atoms with Gasteiger partial charge in [-0.05, 0) is 42.6 Å². The number of carboxylic acids is 1. The van der Waals surface area contributed by atoms with Crippen molar-refractivity contribution >= 4 is 34.6 Å². The van der Waals surface area contributed by atoms with Gasteiger partial charge in [0.15, 0.2) is 0 Å². The lowest BCUT2D eigenvalue weighted by atomic mass is 10.1. The maximum atomic E-state index is 12.5. The molecule has 25 heavy (non-hydrogen) atoms. The molecule has 0 radical (unpaired) electrons. The average Bonchev–Trinajstić information content (AvgIpc) is 3.25. The number of amides is 1. The predicted molar refractivity (Wildman–Crippen MR) is 98.3 cm³/mol. The number of hydrazone groups is 1. The molecule has 2 heterocycles. The maximum absolute atomic E-state index is 12.5. The first kappa shape index (κ1) is 17.2. The number of nitrogens with zero attached hydrogens (tertiary/aromatic N) is 2. The number of carboxylic acid groups (broad SMARTS) is 1. The number of thiophene rings is 1. The fourth-order valence-electron chi connectivity index (χ4n) is 2.67. The average molecular weight is 357 g/mol. The van der Waals surface area contributed by atoms with E-state index >= 15 is 0 Å². The third-order valence-electron chi connectivity index (χ3n) is 3.98. The Hall–Kier alpha value is -2.67. The number of hydrogen-bond acceptors (Lipinski definition) is 5. The minimum Gasteiger partial charge on any atom is -0.481 e. The molecule has 0 fully saturated rings. The summed E-state index contributed by atoms with van der Waals surface area (Å²) in [5.74, 6) is -1.23. The first-order valence-electron chi connectivity index (χ1n) is 8.00. The van der Waals surface area contributed by atoms with Gasteiger partial charge in [0.1, 0.15) is 0 Å². The van der Waals surface area contributed by atoms with Gasteiger partial charge < -0.3 is 10.4 Å². The fraction of sp³-hybridized carbons (Fsp3) is 0.278. The van der Waals surface area contributed by atoms with Crippen LogP contribution in [0.3, 0.4) is 0 Å². The summed E-state index contributed by atoms with van der Waals surface area (Å²) < 4.78 is 0. The standard InChI is InChI=1S/C18H19N3O3S/c1-12-8-9-21(20-12)14-6-4-13(5-7-14)18(24)19-15(11-17(22)23)16-3-2-10-25-16/h2-7,10,15H,8-9,11H2,1H3,(H,19,24)(H,22,23)/t15-/m0/s1. The number of anilines is 1. The number of carbonyl (C=O) groups is 2. The van der Waals surface area contributed by atoms with Crippen molar-refractivity contribution in [3.63, 3.8) is 0 Å². The minimum atomic E-state index is -0.948. The summed E-state index contributed by atoms with van der Waals surface area (Å²) >= 11 is 1.43. The molecule has 0 unspecified atom stereocenters. The Morgan fingerprint density at radius 3 is 2.64 bits per heavy atom. The van der Waals surface area contributed by atoms with Crippen molar-refractivity contribution in [3.8, 4) is 0 Å². The van der Waals surface area contributed by atoms with Gasteiger partial charge in [-0.3, -0.25) is 14.6 Å². The second-order valence-corrected chi connectivity index (χ2v) is 6.87. The molecular weight excluding hydrogens is 338 g/mol. The molecule has 2 aromatic rings. The summed E-state index contributed by atoms with van der Waals surface area (Å²) in [6.07, 6.45) is 0.798. The van der Waals surface area contributed by atoms with Crippen molar-refractivity contribution in [1.29, 1.82) is 0 Å². The van der Waals surface area contributed by atoms with Crippen molar-refractivity contribution < 1.29 is 14.7 Å². The number of nitrogens with one attached hydrogen (secondary N) is 1. The lowest BCUT2D eigenvalue weighted by molar-refractivity contribution is -0.137. The molecule has 0 bridgehead atoms. The molecule has 1 atom stereocenters. The Bertz CT molecular complexity index is 784. The van der Waals surface area contributed by atoms with Crippen molar-refractivity contribution in [3.05, 3.63) is 52.2 Å². The Balaban J connectivity index is 1.70. The molecule has 1 aromatic carbocycles. The molecule has 0 saturated carbocycles. The van der Waals surface area contributed by atoms with Crippen molar-refractivity contribution in [2.45, 2.75) is 25.8 Å². The van der Waals surface area contributed by atoms with Gasteiger partial charge >= 0.3 is 5.97 Å². The lowest BCUT2D eigenvalue weighted by Gasteiger charge is -2.17. The number of hydrogen-bond donors (Lipinski definition) is 2. The third-order valence-corrected chi connectivity index (χ3v) is 4.96. The van der Waals surface area contributed by atoms with E-state index < -0.39 is 12.0 Å². The van der Waals surface area contributed by atoms with Crippen LogP contribution in [0.1, 0.15) is 41.0 Å². The number of carbonyl (C=O) groups excluding carboxylic acids is 1. The molecule has 6 nitrogen and oxygen atoms in total. The van der Waals surface area contributed by atoms with Crippen molar-refractivity contribution in [2.24, 2.45) is 5.10 Å². The van der Waals surface area contributed by atoms with Crippen LogP contribution in [-0.2, 0) is 4.79 Å². The molecule has 2 N–H and O–H groups in total. The van der Waals surface area contributed by atoms with Crippen LogP contribution in [0.4, 0.5) is 5.69 Å². The van der Waals surface area contributed by atoms with Crippen LogP contribution in [0, 0.1) is 0 Å². The summed E-state index contributed by atoms with van der Waals surface area (Å²) in [5.41, 5.74) is 2.53. The van der Waals surface area contributed by atoms with Gasteiger partial charge in [-0.2, -0.15) is 5.10 Å². The van der Waals surface area contributed by atoms with Gasteiger partial charge in [-0.15, -0.1) is 11.3 Å². The number of benzene rings is 1. The van der Waals surface area contributed by atoms with E-state index in [0.29, 0.717) is 5.56 Å². The molecular formula is C18H19N3O3S. The predicted octanol–water partition coefficient (Wildman–Crippen LogP) is 3.28. The largest absolute Gasteiger partial charge is 0.481 e. The zero-order chi connectivity index (χ0) is 17.8. The van der Waals surface area contributed by atoms with Gasteiger partial charge in [-0.25, -0.2) is 0 Å². The fourth-order valence-corrected chi connectivity index (χ4v) is 3.45. The zero-order valence-electron chi connectivity index (χ0n) is 13.8. The molecule has 0 saturated heterocycles. The van der Waals surface area contributed by atoms with Crippen molar-refractivity contribution in [1.82, 2.24) is 5.32 Å². The SMILES string of the molecule is CC1=NN(c2ccc(C(=O)N[C@@H](CC(=O)O)c3cccs3)cc2)CC1. The van der Waals surface area contributed by atoms with E-state index in [4.69, 9.17) is 5.11 Å². The molecule has 0 spiro atoms. The van der Waals surface area contributed by atoms with Crippen LogP contribution in [0.2, 0.25) is 0 Å². The Morgan fingerprint density at radius 1 is 1.32 bits per heavy atom. The summed E-state index contributed by atoms with van der Waals surface area (Å²) in [6.45, 7) is 2.84. The van der Waals surface area contributed by atoms with E-state index in [1.165, 1.54) is 11.3 Å². The van der Waals surface area contributed by atoms with Crippen LogP contribution >= 0.6 is 11.3 Å². The third kappa shape index (κ3) is 4.24. The van der Waals surface area contributed by atoms with E-state index in [9.17, 15) is 9.59 Å². The van der Waals surface area contributed by atoms with E-state index in [1.807, 2.05) is 41.6 Å². The summed E-state index contributed by atoms with van der Waals surface area (Å²) in [6, 6.07) is 10.3. The van der Waals surface area contributed by atoms with E-state index in [-0.39, 0.29) is 12.3 Å². The smallest absolute Gasteiger partial charge is 0.305 e. The zero-order valence-corrected chi connectivity index (χ0v) is 14.6. The number of aliphatic carboxylic acids is 1. The molecule has 1 aliphatic heterocycles. The summed E-state index contributed by atoms with van der Waals surface area (Å²) in [7, 11) is 0. The van der Waals surface area contributed by atoms with Gasteiger partial charge in [0.25, 0.3) is 5.91 Å². The lowest BCUT2D eigenvalue weighted by Crippen LogP contribution is -2.29. The molecule has 1 aliphatic rings. The van der Waals surface area contributed by atoms with Crippen LogP contribution in [0.5, 0.6) is 0 Å². The molecule has 7 heteroatoms. The Morgan fingerprint density at radius 2 is 2.08 bits per heavy atom.